The van der Waals surface area contributed by atoms with Gasteiger partial charge in [0.1, 0.15) is 5.75 Å². The van der Waals surface area contributed by atoms with Gasteiger partial charge in [0.05, 0.1) is 27.9 Å². The summed E-state index contributed by atoms with van der Waals surface area (Å²) in [4.78, 5) is 4.65. The van der Waals surface area contributed by atoms with Crippen LogP contribution in [0, 0.1) is 0 Å². The fourth-order valence-corrected chi connectivity index (χ4v) is 2.96. The molecule has 0 fully saturated rings. The van der Waals surface area contributed by atoms with E-state index in [-0.39, 0.29) is 24.0 Å². The van der Waals surface area contributed by atoms with Gasteiger partial charge < -0.3 is 24.8 Å². The Balaban J connectivity index is 0.00000392. The van der Waals surface area contributed by atoms with Gasteiger partial charge in [0.25, 0.3) is 0 Å². The van der Waals surface area contributed by atoms with Crippen molar-refractivity contribution in [1.29, 1.82) is 0 Å². The molecule has 0 saturated carbocycles. The second-order valence-corrected chi connectivity index (χ2v) is 6.55. The largest absolute Gasteiger partial charge is 0.497 e. The number of methoxy groups -OCH3 is 3. The van der Waals surface area contributed by atoms with E-state index in [2.05, 4.69) is 31.6 Å². The van der Waals surface area contributed by atoms with Crippen molar-refractivity contribution in [1.82, 2.24) is 10.6 Å². The van der Waals surface area contributed by atoms with E-state index in [4.69, 9.17) is 14.2 Å². The SMILES string of the molecule is CCNC(=NCc1cccc(OC)c1)NCc1cc(OC)c(OC)cc1Br.I. The van der Waals surface area contributed by atoms with E-state index >= 15 is 0 Å². The van der Waals surface area contributed by atoms with Crippen LogP contribution in [0.15, 0.2) is 45.9 Å². The lowest BCUT2D eigenvalue weighted by atomic mass is 10.2. The summed E-state index contributed by atoms with van der Waals surface area (Å²) in [6.45, 7) is 3.95. The van der Waals surface area contributed by atoms with Crippen molar-refractivity contribution in [3.8, 4) is 17.2 Å². The van der Waals surface area contributed by atoms with Crippen LogP contribution in [0.3, 0.4) is 0 Å². The van der Waals surface area contributed by atoms with E-state index in [1.54, 1.807) is 21.3 Å². The van der Waals surface area contributed by atoms with Gasteiger partial charge in [-0.25, -0.2) is 4.99 Å². The number of rotatable bonds is 8. The molecule has 0 aliphatic rings. The zero-order valence-electron chi connectivity index (χ0n) is 16.5. The average Bonchev–Trinajstić information content (AvgIpc) is 2.70. The molecule has 0 saturated heterocycles. The fraction of sp³-hybridized carbons (Fsp3) is 0.350. The molecule has 0 atom stereocenters. The van der Waals surface area contributed by atoms with Crippen LogP contribution in [0.4, 0.5) is 0 Å². The van der Waals surface area contributed by atoms with Crippen LogP contribution >= 0.6 is 39.9 Å². The Kier molecular flexibility index (Phi) is 11.1. The van der Waals surface area contributed by atoms with Gasteiger partial charge in [-0.15, -0.1) is 24.0 Å². The Labute approximate surface area is 192 Å². The number of hydrogen-bond acceptors (Lipinski definition) is 4. The third kappa shape index (κ3) is 7.05. The third-order valence-corrected chi connectivity index (χ3v) is 4.64. The van der Waals surface area contributed by atoms with Crippen LogP contribution in [0.1, 0.15) is 18.1 Å². The predicted molar refractivity (Wildman–Crippen MR) is 127 cm³/mol. The molecule has 0 aliphatic heterocycles. The summed E-state index contributed by atoms with van der Waals surface area (Å²) in [6, 6.07) is 11.7. The smallest absolute Gasteiger partial charge is 0.191 e. The second kappa shape index (κ2) is 12.7. The highest BCUT2D eigenvalue weighted by Crippen LogP contribution is 2.33. The first-order valence-electron chi connectivity index (χ1n) is 8.66. The average molecular weight is 564 g/mol. The second-order valence-electron chi connectivity index (χ2n) is 5.70. The summed E-state index contributed by atoms with van der Waals surface area (Å²) in [7, 11) is 4.91. The van der Waals surface area contributed by atoms with Gasteiger partial charge in [0.15, 0.2) is 17.5 Å². The first kappa shape index (κ1) is 24.4. The van der Waals surface area contributed by atoms with Crippen LogP contribution < -0.4 is 24.8 Å². The van der Waals surface area contributed by atoms with Crippen LogP contribution in [0.5, 0.6) is 17.2 Å². The molecule has 2 rings (SSSR count). The lowest BCUT2D eigenvalue weighted by Gasteiger charge is -2.15. The van der Waals surface area contributed by atoms with E-state index in [0.29, 0.717) is 24.6 Å². The zero-order valence-corrected chi connectivity index (χ0v) is 20.5. The molecule has 0 aromatic heterocycles. The predicted octanol–water partition coefficient (Wildman–Crippen LogP) is 4.35. The fourth-order valence-electron chi connectivity index (χ4n) is 2.49. The molecule has 0 heterocycles. The van der Waals surface area contributed by atoms with Crippen molar-refractivity contribution in [2.45, 2.75) is 20.0 Å². The van der Waals surface area contributed by atoms with Crippen LogP contribution in [0.2, 0.25) is 0 Å². The minimum atomic E-state index is 0. The number of nitrogens with zero attached hydrogens (tertiary/aromatic N) is 1. The van der Waals surface area contributed by atoms with Crippen molar-refractivity contribution in [3.05, 3.63) is 52.0 Å². The summed E-state index contributed by atoms with van der Waals surface area (Å²) >= 11 is 3.58. The maximum atomic E-state index is 5.38. The van der Waals surface area contributed by atoms with Crippen molar-refractivity contribution in [2.75, 3.05) is 27.9 Å². The van der Waals surface area contributed by atoms with Crippen LogP contribution in [-0.2, 0) is 13.1 Å². The quantitative estimate of drug-likeness (QED) is 0.284. The number of benzene rings is 2. The zero-order chi connectivity index (χ0) is 19.6. The van der Waals surface area contributed by atoms with Crippen molar-refractivity contribution in [2.24, 2.45) is 4.99 Å². The molecule has 0 spiro atoms. The highest BCUT2D eigenvalue weighted by molar-refractivity contribution is 14.0. The molecule has 28 heavy (non-hydrogen) atoms. The molecule has 0 aliphatic carbocycles. The van der Waals surface area contributed by atoms with Crippen molar-refractivity contribution >= 4 is 45.9 Å². The minimum Gasteiger partial charge on any atom is -0.497 e. The Bertz CT molecular complexity index is 787. The maximum absolute atomic E-state index is 5.38. The molecule has 6 nitrogen and oxygen atoms in total. The van der Waals surface area contributed by atoms with Gasteiger partial charge in [-0.1, -0.05) is 28.1 Å². The maximum Gasteiger partial charge on any atom is 0.191 e. The third-order valence-electron chi connectivity index (χ3n) is 3.90. The molecule has 2 aromatic rings. The number of halogens is 2. The summed E-state index contributed by atoms with van der Waals surface area (Å²) < 4.78 is 16.9. The minimum absolute atomic E-state index is 0. The first-order chi connectivity index (χ1) is 13.1. The molecular formula is C20H27BrIN3O3. The van der Waals surface area contributed by atoms with Gasteiger partial charge in [0.2, 0.25) is 0 Å². The van der Waals surface area contributed by atoms with E-state index in [1.807, 2.05) is 43.3 Å². The molecule has 0 unspecified atom stereocenters. The lowest BCUT2D eigenvalue weighted by molar-refractivity contribution is 0.354. The molecule has 154 valence electrons. The van der Waals surface area contributed by atoms with Gasteiger partial charge in [0, 0.05) is 17.6 Å². The Hall–Kier alpha value is -1.68. The van der Waals surface area contributed by atoms with Gasteiger partial charge in [-0.05, 0) is 42.3 Å². The van der Waals surface area contributed by atoms with E-state index in [1.165, 1.54) is 0 Å². The highest BCUT2D eigenvalue weighted by Gasteiger charge is 2.10. The molecule has 2 N–H and O–H groups in total. The summed E-state index contributed by atoms with van der Waals surface area (Å²) in [5, 5.41) is 6.61. The molecule has 0 bridgehead atoms. The Morgan fingerprint density at radius 1 is 1.00 bits per heavy atom. The van der Waals surface area contributed by atoms with E-state index < -0.39 is 0 Å². The van der Waals surface area contributed by atoms with Crippen LogP contribution in [0.25, 0.3) is 0 Å². The Morgan fingerprint density at radius 3 is 2.36 bits per heavy atom. The monoisotopic (exact) mass is 563 g/mol. The van der Waals surface area contributed by atoms with E-state index in [0.717, 1.165) is 33.9 Å². The number of guanidine groups is 1. The van der Waals surface area contributed by atoms with Crippen molar-refractivity contribution in [3.63, 3.8) is 0 Å². The van der Waals surface area contributed by atoms with Gasteiger partial charge in [-0.2, -0.15) is 0 Å². The Morgan fingerprint density at radius 2 is 1.71 bits per heavy atom. The molecule has 0 radical (unpaired) electrons. The number of nitrogens with one attached hydrogen (secondary N) is 2. The molecular weight excluding hydrogens is 537 g/mol. The summed E-state index contributed by atoms with van der Waals surface area (Å²) in [5.74, 6) is 2.94. The van der Waals surface area contributed by atoms with E-state index in [9.17, 15) is 0 Å². The molecule has 2 aromatic carbocycles. The first-order valence-corrected chi connectivity index (χ1v) is 9.46. The number of aliphatic imine (C=N–C) groups is 1. The lowest BCUT2D eigenvalue weighted by Crippen LogP contribution is -2.36. The standard InChI is InChI=1S/C20H26BrN3O3.HI/c1-5-22-20(23-12-14-7-6-8-16(9-14)25-2)24-13-15-10-18(26-3)19(27-4)11-17(15)21;/h6-11H,5,12-13H2,1-4H3,(H2,22,23,24);1H. The number of ether oxygens (including phenoxy) is 3. The summed E-state index contributed by atoms with van der Waals surface area (Å²) in [5.41, 5.74) is 2.12. The van der Waals surface area contributed by atoms with Gasteiger partial charge in [-0.3, -0.25) is 0 Å². The molecule has 0 amide bonds. The normalized spacial score (nSPS) is 10.7. The summed E-state index contributed by atoms with van der Waals surface area (Å²) in [6.07, 6.45) is 0. The van der Waals surface area contributed by atoms with Gasteiger partial charge >= 0.3 is 0 Å². The highest BCUT2D eigenvalue weighted by atomic mass is 127. The molecule has 8 heteroatoms. The number of hydrogen-bond donors (Lipinski definition) is 2. The topological polar surface area (TPSA) is 64.1 Å². The van der Waals surface area contributed by atoms with Crippen molar-refractivity contribution < 1.29 is 14.2 Å². The van der Waals surface area contributed by atoms with Crippen LogP contribution in [-0.4, -0.2) is 33.8 Å².